The summed E-state index contributed by atoms with van der Waals surface area (Å²) in [7, 11) is 1.70. The molecule has 3 heteroatoms. The van der Waals surface area contributed by atoms with Gasteiger partial charge < -0.3 is 10.4 Å². The van der Waals surface area contributed by atoms with Crippen molar-refractivity contribution in [2.24, 2.45) is 0 Å². The minimum Gasteiger partial charge on any atom is -0.480 e. The minimum atomic E-state index is -0.768. The highest BCUT2D eigenvalue weighted by Crippen LogP contribution is 2.15. The van der Waals surface area contributed by atoms with Gasteiger partial charge in [0.15, 0.2) is 0 Å². The zero-order chi connectivity index (χ0) is 11.7. The lowest BCUT2D eigenvalue weighted by Crippen LogP contribution is -2.47. The van der Waals surface area contributed by atoms with Crippen LogP contribution in [-0.2, 0) is 4.79 Å². The zero-order valence-electron chi connectivity index (χ0n) is 9.88. The first-order valence-electron chi connectivity index (χ1n) is 5.60. The number of carboxylic acids is 1. The van der Waals surface area contributed by atoms with Crippen LogP contribution < -0.4 is 5.32 Å². The first-order valence-corrected chi connectivity index (χ1v) is 5.60. The van der Waals surface area contributed by atoms with E-state index in [0.717, 1.165) is 32.1 Å². The summed E-state index contributed by atoms with van der Waals surface area (Å²) in [6.07, 6.45) is 8.04. The molecule has 0 rings (SSSR count). The predicted octanol–water partition coefficient (Wildman–Crippen LogP) is 2.58. The van der Waals surface area contributed by atoms with Crippen LogP contribution in [0, 0.1) is 0 Å². The molecule has 0 aromatic rings. The van der Waals surface area contributed by atoms with Gasteiger partial charge in [0.1, 0.15) is 5.54 Å². The first kappa shape index (κ1) is 14.2. The Morgan fingerprint density at radius 3 is 2.47 bits per heavy atom. The van der Waals surface area contributed by atoms with Gasteiger partial charge in [-0.1, -0.05) is 25.3 Å². The fraction of sp³-hybridized carbons (Fsp3) is 0.750. The Balaban J connectivity index is 3.64. The Morgan fingerprint density at radius 1 is 1.40 bits per heavy atom. The number of rotatable bonds is 9. The molecule has 0 saturated heterocycles. The summed E-state index contributed by atoms with van der Waals surface area (Å²) >= 11 is 0. The zero-order valence-corrected chi connectivity index (χ0v) is 9.88. The molecule has 88 valence electrons. The van der Waals surface area contributed by atoms with E-state index in [1.165, 1.54) is 0 Å². The maximum Gasteiger partial charge on any atom is 0.323 e. The second kappa shape index (κ2) is 7.46. The highest BCUT2D eigenvalue weighted by molar-refractivity contribution is 5.78. The minimum absolute atomic E-state index is 0.687. The van der Waals surface area contributed by atoms with Crippen molar-refractivity contribution < 1.29 is 9.90 Å². The molecule has 3 nitrogen and oxygen atoms in total. The number of allylic oxidation sites excluding steroid dienone is 1. The molecular weight excluding hydrogens is 190 g/mol. The number of carbonyl (C=O) groups is 1. The molecule has 0 saturated carbocycles. The van der Waals surface area contributed by atoms with Crippen molar-refractivity contribution >= 4 is 5.97 Å². The monoisotopic (exact) mass is 213 g/mol. The van der Waals surface area contributed by atoms with Crippen LogP contribution in [0.3, 0.4) is 0 Å². The van der Waals surface area contributed by atoms with Crippen LogP contribution in [0.25, 0.3) is 0 Å². The van der Waals surface area contributed by atoms with Gasteiger partial charge in [-0.05, 0) is 33.2 Å². The molecule has 0 fully saturated rings. The maximum atomic E-state index is 10.9. The molecule has 0 heterocycles. The van der Waals surface area contributed by atoms with Crippen molar-refractivity contribution in [3.8, 4) is 0 Å². The van der Waals surface area contributed by atoms with E-state index < -0.39 is 11.5 Å². The highest BCUT2D eigenvalue weighted by Gasteiger charge is 2.29. The molecule has 0 aromatic heterocycles. The standard InChI is InChI=1S/C12H23NO2/c1-4-5-6-7-8-9-10-12(2,13-3)11(14)15/h4,13H,1,5-10H2,2-3H3,(H,14,15)/t12-/m0/s1. The third-order valence-electron chi connectivity index (χ3n) is 2.86. The first-order chi connectivity index (χ1) is 7.06. The molecule has 0 aliphatic rings. The number of carboxylic acid groups (broad SMARTS) is 1. The average molecular weight is 213 g/mol. The quantitative estimate of drug-likeness (QED) is 0.457. The Morgan fingerprint density at radius 2 is 2.00 bits per heavy atom. The van der Waals surface area contributed by atoms with Crippen molar-refractivity contribution in [2.45, 2.75) is 51.0 Å². The van der Waals surface area contributed by atoms with Gasteiger partial charge in [0, 0.05) is 0 Å². The van der Waals surface area contributed by atoms with Gasteiger partial charge in [0.05, 0.1) is 0 Å². The van der Waals surface area contributed by atoms with Gasteiger partial charge in [-0.25, -0.2) is 0 Å². The number of hydrogen-bond donors (Lipinski definition) is 2. The van der Waals surface area contributed by atoms with Crippen LogP contribution in [-0.4, -0.2) is 23.7 Å². The van der Waals surface area contributed by atoms with Crippen molar-refractivity contribution in [1.29, 1.82) is 0 Å². The largest absolute Gasteiger partial charge is 0.480 e. The van der Waals surface area contributed by atoms with E-state index in [1.807, 2.05) is 6.08 Å². The highest BCUT2D eigenvalue weighted by atomic mass is 16.4. The van der Waals surface area contributed by atoms with Gasteiger partial charge >= 0.3 is 5.97 Å². The molecule has 0 aliphatic heterocycles. The SMILES string of the molecule is C=CCCCCCC[C@](C)(NC)C(=O)O. The molecule has 0 unspecified atom stereocenters. The van der Waals surface area contributed by atoms with Crippen molar-refractivity contribution in [3.05, 3.63) is 12.7 Å². The van der Waals surface area contributed by atoms with E-state index in [9.17, 15) is 4.79 Å². The molecule has 15 heavy (non-hydrogen) atoms. The maximum absolute atomic E-state index is 10.9. The summed E-state index contributed by atoms with van der Waals surface area (Å²) in [5.74, 6) is -0.768. The third-order valence-corrected chi connectivity index (χ3v) is 2.86. The van der Waals surface area contributed by atoms with E-state index in [1.54, 1.807) is 14.0 Å². The lowest BCUT2D eigenvalue weighted by Gasteiger charge is -2.23. The van der Waals surface area contributed by atoms with Crippen molar-refractivity contribution in [3.63, 3.8) is 0 Å². The summed E-state index contributed by atoms with van der Waals surface area (Å²) < 4.78 is 0. The number of nitrogens with one attached hydrogen (secondary N) is 1. The van der Waals surface area contributed by atoms with Gasteiger partial charge in [-0.2, -0.15) is 0 Å². The smallest absolute Gasteiger partial charge is 0.323 e. The van der Waals surface area contributed by atoms with Crippen LogP contribution in [0.2, 0.25) is 0 Å². The van der Waals surface area contributed by atoms with Crippen LogP contribution in [0.4, 0.5) is 0 Å². The van der Waals surface area contributed by atoms with E-state index >= 15 is 0 Å². The van der Waals surface area contributed by atoms with Crippen LogP contribution in [0.5, 0.6) is 0 Å². The number of hydrogen-bond acceptors (Lipinski definition) is 2. The number of aliphatic carboxylic acids is 1. The Labute approximate surface area is 92.6 Å². The summed E-state index contributed by atoms with van der Waals surface area (Å²) in [6.45, 7) is 5.40. The van der Waals surface area contributed by atoms with Crippen LogP contribution in [0.1, 0.15) is 45.4 Å². The Bertz CT molecular complexity index is 204. The van der Waals surface area contributed by atoms with Crippen LogP contribution in [0.15, 0.2) is 12.7 Å². The van der Waals surface area contributed by atoms with Crippen LogP contribution >= 0.6 is 0 Å². The van der Waals surface area contributed by atoms with Crippen molar-refractivity contribution in [1.82, 2.24) is 5.32 Å². The molecule has 1 atom stereocenters. The normalized spacial score (nSPS) is 14.5. The Hall–Kier alpha value is -0.830. The lowest BCUT2D eigenvalue weighted by atomic mass is 9.94. The predicted molar refractivity (Wildman–Crippen MR) is 63.0 cm³/mol. The second-order valence-corrected chi connectivity index (χ2v) is 4.13. The Kier molecular flexibility index (Phi) is 7.05. The van der Waals surface area contributed by atoms with Gasteiger partial charge in [-0.3, -0.25) is 4.79 Å². The third kappa shape index (κ3) is 5.57. The van der Waals surface area contributed by atoms with E-state index in [4.69, 9.17) is 5.11 Å². The van der Waals surface area contributed by atoms with Gasteiger partial charge in [0.25, 0.3) is 0 Å². The summed E-state index contributed by atoms with van der Waals surface area (Å²) in [4.78, 5) is 10.9. The molecule has 2 N–H and O–H groups in total. The fourth-order valence-electron chi connectivity index (χ4n) is 1.46. The van der Waals surface area contributed by atoms with E-state index in [2.05, 4.69) is 11.9 Å². The molecular formula is C12H23NO2. The topological polar surface area (TPSA) is 49.3 Å². The number of likely N-dealkylation sites (N-methyl/N-ethyl adjacent to an activating group) is 1. The van der Waals surface area contributed by atoms with E-state index in [-0.39, 0.29) is 0 Å². The molecule has 0 aliphatic carbocycles. The molecule has 0 bridgehead atoms. The molecule has 0 radical (unpaired) electrons. The second-order valence-electron chi connectivity index (χ2n) is 4.13. The average Bonchev–Trinajstić information content (AvgIpc) is 2.22. The number of unbranched alkanes of at least 4 members (excludes halogenated alkanes) is 4. The van der Waals surface area contributed by atoms with Gasteiger partial charge in [0.2, 0.25) is 0 Å². The van der Waals surface area contributed by atoms with E-state index in [0.29, 0.717) is 6.42 Å². The van der Waals surface area contributed by atoms with Crippen molar-refractivity contribution in [2.75, 3.05) is 7.05 Å². The molecule has 0 aromatic carbocycles. The van der Waals surface area contributed by atoms with Gasteiger partial charge in [-0.15, -0.1) is 6.58 Å². The summed E-state index contributed by atoms with van der Waals surface area (Å²) in [6, 6.07) is 0. The summed E-state index contributed by atoms with van der Waals surface area (Å²) in [5.41, 5.74) is -0.765. The fourth-order valence-corrected chi connectivity index (χ4v) is 1.46. The summed E-state index contributed by atoms with van der Waals surface area (Å²) in [5, 5.41) is 11.9. The molecule has 0 spiro atoms. The lowest BCUT2D eigenvalue weighted by molar-refractivity contribution is -0.144. The molecule has 0 amide bonds.